The number of nitrogens with one attached hydrogen (secondary N) is 1. The van der Waals surface area contributed by atoms with E-state index >= 15 is 0 Å². The van der Waals surface area contributed by atoms with Gasteiger partial charge in [-0.1, -0.05) is 30.9 Å². The first-order chi connectivity index (χ1) is 14.1. The van der Waals surface area contributed by atoms with Gasteiger partial charge in [-0.05, 0) is 37.1 Å². The number of pyridine rings is 1. The molecule has 0 aliphatic heterocycles. The highest BCUT2D eigenvalue weighted by atomic mass is 35.5. The zero-order valence-corrected chi connectivity index (χ0v) is 16.5. The van der Waals surface area contributed by atoms with E-state index in [1.165, 1.54) is 25.3 Å². The van der Waals surface area contributed by atoms with Crippen molar-refractivity contribution in [2.75, 3.05) is 11.1 Å². The minimum absolute atomic E-state index is 0.0708. The summed E-state index contributed by atoms with van der Waals surface area (Å²) in [5.41, 5.74) is 7.06. The highest BCUT2D eigenvalue weighted by Crippen LogP contribution is 2.37. The minimum Gasteiger partial charge on any atom is -0.434 e. The second kappa shape index (κ2) is 8.61. The molecule has 0 atom stereocenters. The number of hydrogen-bond donors (Lipinski definition) is 2. The first-order valence-electron chi connectivity index (χ1n) is 9.57. The van der Waals surface area contributed by atoms with Crippen LogP contribution in [0.2, 0.25) is 5.02 Å². The molecule has 1 saturated carbocycles. The van der Waals surface area contributed by atoms with Crippen LogP contribution in [0, 0.1) is 5.82 Å². The van der Waals surface area contributed by atoms with E-state index in [0.717, 1.165) is 18.9 Å². The van der Waals surface area contributed by atoms with Gasteiger partial charge in [-0.15, -0.1) is 0 Å². The fourth-order valence-corrected chi connectivity index (χ4v) is 3.70. The van der Waals surface area contributed by atoms with Crippen molar-refractivity contribution in [2.45, 2.75) is 38.1 Å². The Morgan fingerprint density at radius 1 is 1.10 bits per heavy atom. The molecule has 3 aromatic rings. The molecule has 150 valence electrons. The van der Waals surface area contributed by atoms with Gasteiger partial charge in [-0.3, -0.25) is 0 Å². The number of ether oxygens (including phenoxy) is 1. The number of halogens is 2. The van der Waals surface area contributed by atoms with Crippen LogP contribution < -0.4 is 15.8 Å². The lowest BCUT2D eigenvalue weighted by molar-refractivity contribution is 0.429. The van der Waals surface area contributed by atoms with Crippen molar-refractivity contribution in [3.05, 3.63) is 53.6 Å². The standard InChI is InChI=1S/C21H21ClFN5O/c22-16-11-13(24)12-17(23)19(16)29-20-15(7-4-9-25-20)18-8-10-26-21(28-18)27-14-5-2-1-3-6-14/h4,7-12,14H,1-3,5-6,24H2,(H,26,27,28). The first kappa shape index (κ1) is 19.4. The molecule has 2 aromatic heterocycles. The number of aromatic nitrogens is 3. The molecule has 8 heteroatoms. The maximum atomic E-state index is 14.3. The van der Waals surface area contributed by atoms with Crippen LogP contribution in [0.4, 0.5) is 16.0 Å². The van der Waals surface area contributed by atoms with Crippen LogP contribution in [-0.2, 0) is 0 Å². The Hall–Kier alpha value is -2.93. The molecule has 1 aromatic carbocycles. The first-order valence-corrected chi connectivity index (χ1v) is 9.95. The summed E-state index contributed by atoms with van der Waals surface area (Å²) in [5.74, 6) is -0.0364. The van der Waals surface area contributed by atoms with Crippen LogP contribution in [0.3, 0.4) is 0 Å². The van der Waals surface area contributed by atoms with Crippen LogP contribution >= 0.6 is 11.6 Å². The van der Waals surface area contributed by atoms with E-state index < -0.39 is 5.82 Å². The third-order valence-electron chi connectivity index (χ3n) is 4.86. The SMILES string of the molecule is Nc1cc(F)c(Oc2ncccc2-c2ccnc(NC3CCCCC3)n2)c(Cl)c1. The Morgan fingerprint density at radius 3 is 2.72 bits per heavy atom. The molecular weight excluding hydrogens is 393 g/mol. The van der Waals surface area contributed by atoms with Crippen LogP contribution in [0.25, 0.3) is 11.3 Å². The predicted molar refractivity (Wildman–Crippen MR) is 112 cm³/mol. The van der Waals surface area contributed by atoms with E-state index in [0.29, 0.717) is 23.2 Å². The van der Waals surface area contributed by atoms with Crippen molar-refractivity contribution in [3.63, 3.8) is 0 Å². The summed E-state index contributed by atoms with van der Waals surface area (Å²) in [6.45, 7) is 0. The maximum Gasteiger partial charge on any atom is 0.228 e. The van der Waals surface area contributed by atoms with Crippen molar-refractivity contribution in [1.29, 1.82) is 0 Å². The largest absolute Gasteiger partial charge is 0.434 e. The van der Waals surface area contributed by atoms with Crippen molar-refractivity contribution in [1.82, 2.24) is 15.0 Å². The van der Waals surface area contributed by atoms with E-state index in [4.69, 9.17) is 22.1 Å². The quantitative estimate of drug-likeness (QED) is 0.541. The number of nitrogen functional groups attached to an aromatic ring is 1. The second-order valence-electron chi connectivity index (χ2n) is 7.02. The molecule has 0 amide bonds. The van der Waals surface area contributed by atoms with E-state index in [-0.39, 0.29) is 22.3 Å². The molecular formula is C21H21ClFN5O. The topological polar surface area (TPSA) is 86.0 Å². The fraction of sp³-hybridized carbons (Fsp3) is 0.286. The number of nitrogens with zero attached hydrogens (tertiary/aromatic N) is 3. The zero-order chi connectivity index (χ0) is 20.2. The summed E-state index contributed by atoms with van der Waals surface area (Å²) >= 11 is 6.11. The minimum atomic E-state index is -0.658. The van der Waals surface area contributed by atoms with Gasteiger partial charge in [0, 0.05) is 30.2 Å². The third-order valence-corrected chi connectivity index (χ3v) is 5.14. The summed E-state index contributed by atoms with van der Waals surface area (Å²) in [7, 11) is 0. The molecule has 6 nitrogen and oxygen atoms in total. The maximum absolute atomic E-state index is 14.3. The Morgan fingerprint density at radius 2 is 1.93 bits per heavy atom. The van der Waals surface area contributed by atoms with E-state index in [9.17, 15) is 4.39 Å². The fourth-order valence-electron chi connectivity index (χ4n) is 3.45. The Kier molecular flexibility index (Phi) is 5.76. The van der Waals surface area contributed by atoms with Crippen molar-refractivity contribution in [2.24, 2.45) is 0 Å². The van der Waals surface area contributed by atoms with Crippen LogP contribution in [0.1, 0.15) is 32.1 Å². The normalized spacial score (nSPS) is 14.6. The number of rotatable bonds is 5. The average Bonchev–Trinajstić information content (AvgIpc) is 2.72. The van der Waals surface area contributed by atoms with Gasteiger partial charge in [-0.25, -0.2) is 19.3 Å². The molecule has 4 rings (SSSR count). The van der Waals surface area contributed by atoms with Gasteiger partial charge in [0.2, 0.25) is 11.8 Å². The molecule has 1 aliphatic rings. The van der Waals surface area contributed by atoms with Crippen molar-refractivity contribution in [3.8, 4) is 22.9 Å². The highest BCUT2D eigenvalue weighted by molar-refractivity contribution is 6.32. The van der Waals surface area contributed by atoms with Gasteiger partial charge in [0.15, 0.2) is 11.6 Å². The molecule has 29 heavy (non-hydrogen) atoms. The highest BCUT2D eigenvalue weighted by Gasteiger charge is 2.18. The molecule has 2 heterocycles. The van der Waals surface area contributed by atoms with Crippen molar-refractivity contribution < 1.29 is 9.13 Å². The molecule has 0 spiro atoms. The Labute approximate surface area is 173 Å². The van der Waals surface area contributed by atoms with Gasteiger partial charge < -0.3 is 15.8 Å². The molecule has 0 saturated heterocycles. The van der Waals surface area contributed by atoms with Crippen molar-refractivity contribution >= 4 is 23.2 Å². The summed E-state index contributed by atoms with van der Waals surface area (Å²) in [6, 6.07) is 8.29. The zero-order valence-electron chi connectivity index (χ0n) is 15.7. The number of anilines is 2. The summed E-state index contributed by atoms with van der Waals surface area (Å²) in [6.07, 6.45) is 9.18. The lowest BCUT2D eigenvalue weighted by Crippen LogP contribution is -2.23. The van der Waals surface area contributed by atoms with E-state index in [2.05, 4.69) is 20.3 Å². The van der Waals surface area contributed by atoms with E-state index in [1.807, 2.05) is 0 Å². The van der Waals surface area contributed by atoms with Crippen LogP contribution in [0.5, 0.6) is 11.6 Å². The van der Waals surface area contributed by atoms with Gasteiger partial charge in [0.1, 0.15) is 0 Å². The predicted octanol–water partition coefficient (Wildman–Crippen LogP) is 5.45. The summed E-state index contributed by atoms with van der Waals surface area (Å²) in [4.78, 5) is 13.2. The molecule has 1 fully saturated rings. The molecule has 3 N–H and O–H groups in total. The van der Waals surface area contributed by atoms with Gasteiger partial charge in [-0.2, -0.15) is 0 Å². The molecule has 1 aliphatic carbocycles. The van der Waals surface area contributed by atoms with Gasteiger partial charge >= 0.3 is 0 Å². The summed E-state index contributed by atoms with van der Waals surface area (Å²) < 4.78 is 20.0. The third kappa shape index (κ3) is 4.56. The Bertz CT molecular complexity index is 987. The van der Waals surface area contributed by atoms with Gasteiger partial charge in [0.05, 0.1) is 16.3 Å². The molecule has 0 unspecified atom stereocenters. The smallest absolute Gasteiger partial charge is 0.228 e. The molecule has 0 radical (unpaired) electrons. The lowest BCUT2D eigenvalue weighted by atomic mass is 9.96. The number of hydrogen-bond acceptors (Lipinski definition) is 6. The monoisotopic (exact) mass is 413 g/mol. The second-order valence-corrected chi connectivity index (χ2v) is 7.42. The van der Waals surface area contributed by atoms with Gasteiger partial charge in [0.25, 0.3) is 0 Å². The number of nitrogens with two attached hydrogens (primary N) is 1. The number of benzene rings is 1. The average molecular weight is 414 g/mol. The summed E-state index contributed by atoms with van der Waals surface area (Å²) in [5, 5.41) is 3.48. The van der Waals surface area contributed by atoms with Crippen LogP contribution in [-0.4, -0.2) is 21.0 Å². The molecule has 0 bridgehead atoms. The van der Waals surface area contributed by atoms with E-state index in [1.54, 1.807) is 30.6 Å². The Balaban J connectivity index is 1.62. The van der Waals surface area contributed by atoms with Crippen LogP contribution in [0.15, 0.2) is 42.7 Å². The lowest BCUT2D eigenvalue weighted by Gasteiger charge is -2.22.